The van der Waals surface area contributed by atoms with Crippen LogP contribution < -0.4 is 10.5 Å². The number of nitrogens with two attached hydrogens (primary N) is 1. The van der Waals surface area contributed by atoms with Crippen LogP contribution in [0.25, 0.3) is 0 Å². The van der Waals surface area contributed by atoms with Gasteiger partial charge in [0.25, 0.3) is 0 Å². The molecule has 1 heterocycles. The Morgan fingerprint density at radius 1 is 1.35 bits per heavy atom. The molecule has 0 amide bonds. The molecule has 5 nitrogen and oxygen atoms in total. The van der Waals surface area contributed by atoms with Crippen molar-refractivity contribution >= 4 is 17.2 Å². The van der Waals surface area contributed by atoms with Crippen molar-refractivity contribution in [1.82, 2.24) is 10.2 Å². The molecule has 0 saturated carbocycles. The van der Waals surface area contributed by atoms with Gasteiger partial charge in [-0.15, -0.1) is 5.10 Å². The molecule has 0 saturated heterocycles. The van der Waals surface area contributed by atoms with Gasteiger partial charge in [-0.05, 0) is 18.4 Å². The van der Waals surface area contributed by atoms with Crippen LogP contribution in [0.3, 0.4) is 0 Å². The quantitative estimate of drug-likeness (QED) is 0.725. The van der Waals surface area contributed by atoms with Crippen molar-refractivity contribution in [2.45, 2.75) is 26.7 Å². The fraction of sp³-hybridized carbons (Fsp3) is 0.545. The highest BCUT2D eigenvalue weighted by Gasteiger charge is 2.17. The van der Waals surface area contributed by atoms with Crippen molar-refractivity contribution in [1.29, 1.82) is 0 Å². The summed E-state index contributed by atoms with van der Waals surface area (Å²) in [6.07, 6.45) is 1.53. The zero-order chi connectivity index (χ0) is 12.8. The SMILES string of the molecule is CCc1nnc(OCCO)c(C(N)=S)c1CC. The van der Waals surface area contributed by atoms with Gasteiger partial charge < -0.3 is 15.6 Å². The number of aliphatic hydroxyl groups is 1. The summed E-state index contributed by atoms with van der Waals surface area (Å²) in [6.45, 7) is 4.07. The van der Waals surface area contributed by atoms with Gasteiger partial charge in [0.05, 0.1) is 17.9 Å². The zero-order valence-corrected chi connectivity index (χ0v) is 10.9. The number of ether oxygens (including phenoxy) is 1. The Labute approximate surface area is 106 Å². The van der Waals surface area contributed by atoms with E-state index in [1.165, 1.54) is 0 Å². The first-order chi connectivity index (χ1) is 8.15. The molecule has 0 radical (unpaired) electrons. The first-order valence-electron chi connectivity index (χ1n) is 5.57. The van der Waals surface area contributed by atoms with Gasteiger partial charge in [-0.1, -0.05) is 26.1 Å². The lowest BCUT2D eigenvalue weighted by atomic mass is 10.0. The van der Waals surface area contributed by atoms with Crippen LogP contribution in [0.2, 0.25) is 0 Å². The summed E-state index contributed by atoms with van der Waals surface area (Å²) >= 11 is 5.03. The molecule has 3 N–H and O–H groups in total. The normalized spacial score (nSPS) is 10.3. The van der Waals surface area contributed by atoms with Crippen LogP contribution in [0.15, 0.2) is 0 Å². The molecule has 0 spiro atoms. The predicted molar refractivity (Wildman–Crippen MR) is 69.3 cm³/mol. The van der Waals surface area contributed by atoms with Gasteiger partial charge in [0.2, 0.25) is 5.88 Å². The van der Waals surface area contributed by atoms with E-state index in [0.29, 0.717) is 11.4 Å². The monoisotopic (exact) mass is 255 g/mol. The Kier molecular flexibility index (Phi) is 5.24. The van der Waals surface area contributed by atoms with Crippen molar-refractivity contribution in [3.63, 3.8) is 0 Å². The van der Waals surface area contributed by atoms with Crippen LogP contribution in [0.5, 0.6) is 5.88 Å². The second-order valence-electron chi connectivity index (χ2n) is 3.45. The van der Waals surface area contributed by atoms with Gasteiger partial charge >= 0.3 is 0 Å². The van der Waals surface area contributed by atoms with Crippen molar-refractivity contribution < 1.29 is 9.84 Å². The standard InChI is InChI=1S/C11H17N3O2S/c1-3-7-8(4-2)13-14-11(16-6-5-15)9(7)10(12)17/h15H,3-6H2,1-2H3,(H2,12,17). The van der Waals surface area contributed by atoms with Gasteiger partial charge in [-0.3, -0.25) is 0 Å². The van der Waals surface area contributed by atoms with E-state index in [0.717, 1.165) is 24.1 Å². The first kappa shape index (κ1) is 13.8. The molecule has 0 aromatic carbocycles. The fourth-order valence-electron chi connectivity index (χ4n) is 1.65. The van der Waals surface area contributed by atoms with Crippen LogP contribution in [0.4, 0.5) is 0 Å². The number of hydrogen-bond donors (Lipinski definition) is 2. The minimum atomic E-state index is -0.0879. The molecular formula is C11H17N3O2S. The largest absolute Gasteiger partial charge is 0.474 e. The molecule has 1 aromatic heterocycles. The molecule has 17 heavy (non-hydrogen) atoms. The highest BCUT2D eigenvalue weighted by Crippen LogP contribution is 2.22. The van der Waals surface area contributed by atoms with Gasteiger partial charge in [0.1, 0.15) is 11.6 Å². The molecule has 6 heteroatoms. The van der Waals surface area contributed by atoms with E-state index in [2.05, 4.69) is 10.2 Å². The predicted octanol–water partition coefficient (Wildman–Crippen LogP) is 0.607. The van der Waals surface area contributed by atoms with E-state index in [4.69, 9.17) is 27.8 Å². The summed E-state index contributed by atoms with van der Waals surface area (Å²) in [5.74, 6) is 0.306. The van der Waals surface area contributed by atoms with E-state index >= 15 is 0 Å². The highest BCUT2D eigenvalue weighted by atomic mass is 32.1. The second kappa shape index (κ2) is 6.46. The molecule has 1 rings (SSSR count). The Balaban J connectivity index is 3.26. The van der Waals surface area contributed by atoms with Crippen molar-refractivity contribution in [3.05, 3.63) is 16.8 Å². The average molecular weight is 255 g/mol. The smallest absolute Gasteiger partial charge is 0.244 e. The number of rotatable bonds is 6. The van der Waals surface area contributed by atoms with Gasteiger partial charge in [-0.2, -0.15) is 5.10 Å². The Bertz CT molecular complexity index is 410. The number of hydrogen-bond acceptors (Lipinski definition) is 5. The van der Waals surface area contributed by atoms with E-state index < -0.39 is 0 Å². The molecule has 0 fully saturated rings. The Morgan fingerprint density at radius 2 is 2.06 bits per heavy atom. The van der Waals surface area contributed by atoms with Gasteiger partial charge in [-0.25, -0.2) is 0 Å². The molecule has 0 atom stereocenters. The third kappa shape index (κ3) is 3.10. The number of aromatic nitrogens is 2. The summed E-state index contributed by atoms with van der Waals surface area (Å²) in [5, 5.41) is 16.8. The van der Waals surface area contributed by atoms with Crippen molar-refractivity contribution in [2.75, 3.05) is 13.2 Å². The van der Waals surface area contributed by atoms with Crippen LogP contribution >= 0.6 is 12.2 Å². The molecule has 1 aromatic rings. The summed E-state index contributed by atoms with van der Waals surface area (Å²) in [6, 6.07) is 0. The Hall–Kier alpha value is -1.27. The number of thiocarbonyl (C=S) groups is 1. The molecule has 0 aliphatic heterocycles. The third-order valence-corrected chi connectivity index (χ3v) is 2.59. The van der Waals surface area contributed by atoms with E-state index in [1.54, 1.807) is 0 Å². The van der Waals surface area contributed by atoms with Crippen molar-refractivity contribution in [3.8, 4) is 5.88 Å². The fourth-order valence-corrected chi connectivity index (χ4v) is 1.86. The van der Waals surface area contributed by atoms with Gasteiger partial charge in [0.15, 0.2) is 0 Å². The van der Waals surface area contributed by atoms with E-state index in [-0.39, 0.29) is 18.2 Å². The third-order valence-electron chi connectivity index (χ3n) is 2.39. The van der Waals surface area contributed by atoms with E-state index in [9.17, 15) is 0 Å². The van der Waals surface area contributed by atoms with Gasteiger partial charge in [0, 0.05) is 0 Å². The summed E-state index contributed by atoms with van der Waals surface area (Å²) in [7, 11) is 0. The summed E-state index contributed by atoms with van der Waals surface area (Å²) in [5.41, 5.74) is 8.21. The van der Waals surface area contributed by atoms with Crippen LogP contribution in [-0.4, -0.2) is 33.5 Å². The second-order valence-corrected chi connectivity index (χ2v) is 3.89. The molecule has 94 valence electrons. The molecule has 0 aliphatic carbocycles. The minimum Gasteiger partial charge on any atom is -0.474 e. The van der Waals surface area contributed by atoms with Crippen LogP contribution in [0.1, 0.15) is 30.7 Å². The van der Waals surface area contributed by atoms with E-state index in [1.807, 2.05) is 13.8 Å². The minimum absolute atomic E-state index is 0.0879. The maximum absolute atomic E-state index is 8.75. The van der Waals surface area contributed by atoms with Crippen LogP contribution in [0, 0.1) is 0 Å². The zero-order valence-electron chi connectivity index (χ0n) is 10.1. The molecular weight excluding hydrogens is 238 g/mol. The maximum atomic E-state index is 8.75. The first-order valence-corrected chi connectivity index (χ1v) is 5.98. The molecule has 0 unspecified atom stereocenters. The summed E-state index contributed by atoms with van der Waals surface area (Å²) < 4.78 is 5.30. The number of aliphatic hydroxyl groups excluding tert-OH is 1. The van der Waals surface area contributed by atoms with Crippen LogP contribution in [-0.2, 0) is 12.8 Å². The molecule has 0 bridgehead atoms. The molecule has 0 aliphatic rings. The Morgan fingerprint density at radius 3 is 2.53 bits per heavy atom. The summed E-state index contributed by atoms with van der Waals surface area (Å²) in [4.78, 5) is 0.249. The number of nitrogens with zero attached hydrogens (tertiary/aromatic N) is 2. The topological polar surface area (TPSA) is 81.3 Å². The maximum Gasteiger partial charge on any atom is 0.244 e. The number of aryl methyl sites for hydroxylation is 1. The lowest BCUT2D eigenvalue weighted by Gasteiger charge is -2.14. The average Bonchev–Trinajstić information content (AvgIpc) is 2.34. The lowest BCUT2D eigenvalue weighted by Crippen LogP contribution is -2.19. The lowest BCUT2D eigenvalue weighted by molar-refractivity contribution is 0.195. The van der Waals surface area contributed by atoms with Crippen molar-refractivity contribution in [2.24, 2.45) is 5.73 Å². The highest BCUT2D eigenvalue weighted by molar-refractivity contribution is 7.80.